The van der Waals surface area contributed by atoms with Crippen molar-refractivity contribution in [2.75, 3.05) is 5.01 Å². The van der Waals surface area contributed by atoms with Gasteiger partial charge in [0.2, 0.25) is 0 Å². The van der Waals surface area contributed by atoms with Crippen molar-refractivity contribution < 1.29 is 14.7 Å². The van der Waals surface area contributed by atoms with Crippen molar-refractivity contribution in [1.82, 2.24) is 5.01 Å². The Hall–Kier alpha value is -2.56. The van der Waals surface area contributed by atoms with E-state index < -0.39 is 16.9 Å². The first-order chi connectivity index (χ1) is 14.3. The number of benzene rings is 2. The predicted octanol–water partition coefficient (Wildman–Crippen LogP) is 4.46. The number of hydrogen-bond donors (Lipinski definition) is 1. The fourth-order valence-electron chi connectivity index (χ4n) is 7.42. The minimum atomic E-state index is -0.624. The monoisotopic (exact) mass is 404 g/mol. The Morgan fingerprint density at radius 2 is 1.67 bits per heavy atom. The zero-order valence-electron chi connectivity index (χ0n) is 17.5. The van der Waals surface area contributed by atoms with E-state index in [2.05, 4.69) is 35.3 Å². The summed E-state index contributed by atoms with van der Waals surface area (Å²) in [7, 11) is 0. The Balaban J connectivity index is 1.42. The van der Waals surface area contributed by atoms with Crippen LogP contribution in [0.4, 0.5) is 5.69 Å². The molecule has 156 valence electrons. The summed E-state index contributed by atoms with van der Waals surface area (Å²) in [6.45, 7) is 4.00. The highest BCUT2D eigenvalue weighted by Crippen LogP contribution is 2.62. The molecule has 0 spiro atoms. The summed E-state index contributed by atoms with van der Waals surface area (Å²) in [6.07, 6.45) is 4.38. The molecule has 1 N–H and O–H groups in total. The number of nitrogens with zero attached hydrogens (tertiary/aromatic N) is 2. The van der Waals surface area contributed by atoms with Crippen molar-refractivity contribution in [1.29, 1.82) is 0 Å². The van der Waals surface area contributed by atoms with E-state index in [0.717, 1.165) is 30.3 Å². The lowest BCUT2D eigenvalue weighted by molar-refractivity contribution is -0.187. The number of carboxylic acid groups (broad SMARTS) is 1. The van der Waals surface area contributed by atoms with Crippen LogP contribution in [0.15, 0.2) is 42.5 Å². The standard InChI is InChI=1S/C25H28N2O3/c1-24(2)22(28)26(27(24)20-9-5-7-16-6-3-4-8-19(16)20)21-17-10-15-11-18(21)14-25(12-15,13-17)23(29)30/h3-9,15,17-18,21H,10-14H2,1-2H3,(H,29,30)/t15?,17-,18?,21-,25-/m0/s1. The van der Waals surface area contributed by atoms with Crippen LogP contribution >= 0.6 is 0 Å². The number of carbonyl (C=O) groups is 2. The van der Waals surface area contributed by atoms with E-state index in [1.165, 1.54) is 5.39 Å². The maximum atomic E-state index is 13.4. The van der Waals surface area contributed by atoms with E-state index >= 15 is 0 Å². The molecule has 5 fully saturated rings. The number of carboxylic acids is 1. The van der Waals surface area contributed by atoms with Crippen LogP contribution in [0.2, 0.25) is 0 Å². The van der Waals surface area contributed by atoms with Crippen LogP contribution < -0.4 is 5.01 Å². The molecule has 0 radical (unpaired) electrons. The van der Waals surface area contributed by atoms with Gasteiger partial charge in [0.1, 0.15) is 5.54 Å². The second kappa shape index (κ2) is 5.77. The number of hydrogen-bond acceptors (Lipinski definition) is 3. The molecular formula is C25H28N2O3. The summed E-state index contributed by atoms with van der Waals surface area (Å²) < 4.78 is 0. The van der Waals surface area contributed by atoms with Crippen LogP contribution in [0.5, 0.6) is 0 Å². The van der Waals surface area contributed by atoms with Crippen LogP contribution in [0.3, 0.4) is 0 Å². The lowest BCUT2D eigenvalue weighted by Crippen LogP contribution is -2.80. The van der Waals surface area contributed by atoms with Gasteiger partial charge in [0.05, 0.1) is 17.1 Å². The van der Waals surface area contributed by atoms with Crippen molar-refractivity contribution in [3.63, 3.8) is 0 Å². The molecule has 1 aliphatic heterocycles. The Morgan fingerprint density at radius 3 is 2.37 bits per heavy atom. The van der Waals surface area contributed by atoms with Crippen LogP contribution in [-0.2, 0) is 9.59 Å². The van der Waals surface area contributed by atoms with Gasteiger partial charge in [0, 0.05) is 5.39 Å². The lowest BCUT2D eigenvalue weighted by Gasteiger charge is -2.67. The molecule has 5 aliphatic rings. The zero-order valence-corrected chi connectivity index (χ0v) is 17.5. The predicted molar refractivity (Wildman–Crippen MR) is 115 cm³/mol. The van der Waals surface area contributed by atoms with Gasteiger partial charge < -0.3 is 5.11 Å². The average molecular weight is 405 g/mol. The highest BCUT2D eigenvalue weighted by molar-refractivity contribution is 6.03. The van der Waals surface area contributed by atoms with Crippen LogP contribution in [0, 0.1) is 23.2 Å². The maximum Gasteiger partial charge on any atom is 0.309 e. The highest BCUT2D eigenvalue weighted by atomic mass is 16.4. The van der Waals surface area contributed by atoms with E-state index in [1.807, 2.05) is 31.0 Å². The third-order valence-corrected chi connectivity index (χ3v) is 8.43. The molecule has 7 rings (SSSR count). The number of fused-ring (bicyclic) bond motifs is 1. The fourth-order valence-corrected chi connectivity index (χ4v) is 7.42. The van der Waals surface area contributed by atoms with Gasteiger partial charge in [-0.1, -0.05) is 36.4 Å². The minimum Gasteiger partial charge on any atom is -0.481 e. The highest BCUT2D eigenvalue weighted by Gasteiger charge is 2.65. The Labute approximate surface area is 176 Å². The van der Waals surface area contributed by atoms with E-state index in [1.54, 1.807) is 0 Å². The second-order valence-electron chi connectivity index (χ2n) is 10.6. The quantitative estimate of drug-likeness (QED) is 0.820. The SMILES string of the molecule is CC1(C)C(=O)N([C@@H]2C3CC4C[C@H]2C[C@@](C(=O)O)(C4)C3)N1c1cccc2ccccc12. The molecule has 5 nitrogen and oxygen atoms in total. The van der Waals surface area contributed by atoms with E-state index in [4.69, 9.17) is 0 Å². The molecule has 4 bridgehead atoms. The van der Waals surface area contributed by atoms with Crippen molar-refractivity contribution in [3.05, 3.63) is 42.5 Å². The van der Waals surface area contributed by atoms with Gasteiger partial charge in [0.15, 0.2) is 0 Å². The third kappa shape index (κ3) is 2.18. The molecule has 1 saturated heterocycles. The number of hydrazine groups is 1. The minimum absolute atomic E-state index is 0.119. The molecule has 5 heteroatoms. The Kier molecular flexibility index (Phi) is 3.51. The first-order valence-electron chi connectivity index (χ1n) is 11.2. The first kappa shape index (κ1) is 18.2. The third-order valence-electron chi connectivity index (χ3n) is 8.43. The van der Waals surface area contributed by atoms with E-state index in [-0.39, 0.29) is 23.8 Å². The number of carbonyl (C=O) groups excluding carboxylic acids is 1. The molecule has 2 aromatic carbocycles. The first-order valence-corrected chi connectivity index (χ1v) is 11.2. The summed E-state index contributed by atoms with van der Waals surface area (Å²) in [4.78, 5) is 25.5. The van der Waals surface area contributed by atoms with Gasteiger partial charge in [-0.2, -0.15) is 0 Å². The van der Waals surface area contributed by atoms with E-state index in [0.29, 0.717) is 18.8 Å². The number of amides is 1. The molecule has 2 aromatic rings. The van der Waals surface area contributed by atoms with Crippen LogP contribution in [0.25, 0.3) is 10.8 Å². The summed E-state index contributed by atoms with van der Waals surface area (Å²) in [5.74, 6) is 0.610. The summed E-state index contributed by atoms with van der Waals surface area (Å²) >= 11 is 0. The Morgan fingerprint density at radius 1 is 1.00 bits per heavy atom. The molecule has 4 aliphatic carbocycles. The normalized spacial score (nSPS) is 36.3. The smallest absolute Gasteiger partial charge is 0.309 e. The van der Waals surface area contributed by atoms with Gasteiger partial charge in [-0.25, -0.2) is 5.01 Å². The summed E-state index contributed by atoms with van der Waals surface area (Å²) in [5.41, 5.74) is -0.0799. The van der Waals surface area contributed by atoms with Crippen molar-refractivity contribution in [2.45, 2.75) is 57.5 Å². The molecule has 2 unspecified atom stereocenters. The Bertz CT molecular complexity index is 1060. The molecule has 5 atom stereocenters. The molecule has 0 aromatic heterocycles. The zero-order chi connectivity index (χ0) is 20.8. The van der Waals surface area contributed by atoms with Crippen molar-refractivity contribution >= 4 is 28.3 Å². The van der Waals surface area contributed by atoms with Crippen molar-refractivity contribution in [3.8, 4) is 0 Å². The second-order valence-corrected chi connectivity index (χ2v) is 10.6. The topological polar surface area (TPSA) is 60.9 Å². The molecule has 1 heterocycles. The molecule has 1 amide bonds. The summed E-state index contributed by atoms with van der Waals surface area (Å²) in [5, 5.41) is 16.5. The summed E-state index contributed by atoms with van der Waals surface area (Å²) in [6, 6.07) is 14.7. The van der Waals surface area contributed by atoms with Gasteiger partial charge in [-0.3, -0.25) is 14.6 Å². The molecule has 30 heavy (non-hydrogen) atoms. The van der Waals surface area contributed by atoms with Gasteiger partial charge in [-0.15, -0.1) is 0 Å². The fraction of sp³-hybridized carbons (Fsp3) is 0.520. The van der Waals surface area contributed by atoms with Crippen LogP contribution in [0.1, 0.15) is 46.0 Å². The molecule has 4 saturated carbocycles. The maximum absolute atomic E-state index is 13.4. The number of rotatable bonds is 3. The number of anilines is 1. The molecular weight excluding hydrogens is 376 g/mol. The van der Waals surface area contributed by atoms with Crippen molar-refractivity contribution in [2.24, 2.45) is 23.2 Å². The van der Waals surface area contributed by atoms with Gasteiger partial charge in [-0.05, 0) is 75.2 Å². The van der Waals surface area contributed by atoms with Crippen LogP contribution in [-0.4, -0.2) is 33.6 Å². The van der Waals surface area contributed by atoms with Gasteiger partial charge in [0.25, 0.3) is 5.91 Å². The number of aliphatic carboxylic acids is 1. The largest absolute Gasteiger partial charge is 0.481 e. The lowest BCUT2D eigenvalue weighted by atomic mass is 9.47. The van der Waals surface area contributed by atoms with Gasteiger partial charge >= 0.3 is 5.97 Å². The average Bonchev–Trinajstić information content (AvgIpc) is 2.71. The van der Waals surface area contributed by atoms with E-state index in [9.17, 15) is 14.7 Å².